The van der Waals surface area contributed by atoms with Crippen molar-refractivity contribution in [3.05, 3.63) is 0 Å². The maximum atomic E-state index is 9.87. The van der Waals surface area contributed by atoms with Crippen LogP contribution in [0.4, 0.5) is 0 Å². The first-order valence-electron chi connectivity index (χ1n) is 7.07. The van der Waals surface area contributed by atoms with Crippen molar-refractivity contribution in [2.75, 3.05) is 13.2 Å². The summed E-state index contributed by atoms with van der Waals surface area (Å²) in [6.45, 7) is -1.21. The SMILES string of the molecule is OCC(O)[C@@H]1OC(OCC(O)[C@@H]2OC(O)[C@H](O)[C@H]2O)[C@H](O)[C@H]1O. The maximum Gasteiger partial charge on any atom is 0.186 e. The van der Waals surface area contributed by atoms with Crippen LogP contribution in [0.25, 0.3) is 0 Å². The monoisotopic (exact) mass is 342 g/mol. The Labute approximate surface area is 130 Å². The summed E-state index contributed by atoms with van der Waals surface area (Å²) < 4.78 is 14.9. The molecule has 0 spiro atoms. The molecule has 11 heteroatoms. The van der Waals surface area contributed by atoms with Crippen molar-refractivity contribution in [3.63, 3.8) is 0 Å². The quantitative estimate of drug-likeness (QED) is 0.230. The summed E-state index contributed by atoms with van der Waals surface area (Å²) in [5.74, 6) is 0. The van der Waals surface area contributed by atoms with Gasteiger partial charge in [-0.2, -0.15) is 0 Å². The Morgan fingerprint density at radius 3 is 1.87 bits per heavy atom. The summed E-state index contributed by atoms with van der Waals surface area (Å²) in [4.78, 5) is 0. The molecule has 10 atom stereocenters. The Morgan fingerprint density at radius 1 is 0.783 bits per heavy atom. The predicted molar refractivity (Wildman–Crippen MR) is 68.6 cm³/mol. The molecule has 0 amide bonds. The summed E-state index contributed by atoms with van der Waals surface area (Å²) in [5, 5.41) is 75.8. The highest BCUT2D eigenvalue weighted by atomic mass is 16.7. The molecule has 0 aromatic heterocycles. The lowest BCUT2D eigenvalue weighted by molar-refractivity contribution is -0.206. The van der Waals surface area contributed by atoms with Crippen LogP contribution in [0.2, 0.25) is 0 Å². The molecule has 2 aliphatic heterocycles. The second kappa shape index (κ2) is 7.63. The fraction of sp³-hybridized carbons (Fsp3) is 1.00. The molecule has 2 heterocycles. The summed E-state index contributed by atoms with van der Waals surface area (Å²) in [6, 6.07) is 0. The van der Waals surface area contributed by atoms with Gasteiger partial charge in [0.2, 0.25) is 0 Å². The van der Waals surface area contributed by atoms with Gasteiger partial charge in [0.05, 0.1) is 13.2 Å². The first-order chi connectivity index (χ1) is 10.8. The smallest absolute Gasteiger partial charge is 0.186 e. The van der Waals surface area contributed by atoms with E-state index in [0.29, 0.717) is 0 Å². The van der Waals surface area contributed by atoms with E-state index in [9.17, 15) is 35.7 Å². The first-order valence-corrected chi connectivity index (χ1v) is 7.07. The lowest BCUT2D eigenvalue weighted by Gasteiger charge is -2.23. The van der Waals surface area contributed by atoms with Gasteiger partial charge in [0.15, 0.2) is 12.6 Å². The molecule has 2 rings (SSSR count). The van der Waals surface area contributed by atoms with E-state index >= 15 is 0 Å². The van der Waals surface area contributed by atoms with Crippen LogP contribution in [0.1, 0.15) is 0 Å². The van der Waals surface area contributed by atoms with Crippen LogP contribution in [0.5, 0.6) is 0 Å². The van der Waals surface area contributed by atoms with E-state index in [0.717, 1.165) is 0 Å². The van der Waals surface area contributed by atoms with Crippen molar-refractivity contribution >= 4 is 0 Å². The van der Waals surface area contributed by atoms with Crippen molar-refractivity contribution in [2.24, 2.45) is 0 Å². The van der Waals surface area contributed by atoms with Gasteiger partial charge in [-0.3, -0.25) is 0 Å². The maximum absolute atomic E-state index is 9.87. The van der Waals surface area contributed by atoms with Gasteiger partial charge >= 0.3 is 0 Å². The molecule has 0 bridgehead atoms. The van der Waals surface area contributed by atoms with E-state index in [1.54, 1.807) is 0 Å². The molecule has 8 N–H and O–H groups in total. The van der Waals surface area contributed by atoms with Crippen LogP contribution < -0.4 is 0 Å². The standard InChI is InChI=1S/C12H22O11/c13-1-3(14)9-6(17)8(19)12(23-9)21-2-4(15)10-5(16)7(18)11(20)22-10/h3-20H,1-2H2/t3?,4?,5-,6-,7-,8-,9+,10+,11?,12?/m1/s1. The molecule has 0 aromatic carbocycles. The molecule has 0 radical (unpaired) electrons. The second-order valence-corrected chi connectivity index (χ2v) is 5.57. The number of ether oxygens (including phenoxy) is 3. The normalized spacial score (nSPS) is 47.0. The largest absolute Gasteiger partial charge is 0.394 e. The third kappa shape index (κ3) is 3.81. The lowest BCUT2D eigenvalue weighted by atomic mass is 10.1. The zero-order valence-electron chi connectivity index (χ0n) is 12.0. The van der Waals surface area contributed by atoms with Gasteiger partial charge in [0.1, 0.15) is 48.8 Å². The van der Waals surface area contributed by atoms with E-state index in [1.165, 1.54) is 0 Å². The van der Waals surface area contributed by atoms with Crippen LogP contribution in [0.3, 0.4) is 0 Å². The van der Waals surface area contributed by atoms with Crippen LogP contribution in [0, 0.1) is 0 Å². The van der Waals surface area contributed by atoms with Crippen LogP contribution >= 0.6 is 0 Å². The number of hydrogen-bond donors (Lipinski definition) is 8. The minimum Gasteiger partial charge on any atom is -0.394 e. The van der Waals surface area contributed by atoms with Crippen molar-refractivity contribution in [1.82, 2.24) is 0 Å². The molecule has 136 valence electrons. The Bertz CT molecular complexity index is 382. The fourth-order valence-electron chi connectivity index (χ4n) is 2.52. The molecular weight excluding hydrogens is 320 g/mol. The molecule has 4 unspecified atom stereocenters. The van der Waals surface area contributed by atoms with E-state index in [4.69, 9.17) is 19.3 Å². The number of aliphatic hydroxyl groups excluding tert-OH is 8. The summed E-state index contributed by atoms with van der Waals surface area (Å²) in [6.07, 6.45) is -14.7. The summed E-state index contributed by atoms with van der Waals surface area (Å²) in [7, 11) is 0. The second-order valence-electron chi connectivity index (χ2n) is 5.57. The zero-order valence-corrected chi connectivity index (χ0v) is 12.0. The molecule has 0 aliphatic carbocycles. The molecule has 0 saturated carbocycles. The van der Waals surface area contributed by atoms with E-state index in [-0.39, 0.29) is 0 Å². The molecule has 23 heavy (non-hydrogen) atoms. The highest BCUT2D eigenvalue weighted by molar-refractivity contribution is 4.92. The Hall–Kier alpha value is -0.440. The average molecular weight is 342 g/mol. The molecule has 2 fully saturated rings. The Morgan fingerprint density at radius 2 is 1.35 bits per heavy atom. The Kier molecular flexibility index (Phi) is 6.27. The molecule has 2 saturated heterocycles. The minimum atomic E-state index is -1.65. The third-order valence-corrected chi connectivity index (χ3v) is 3.91. The highest BCUT2D eigenvalue weighted by Crippen LogP contribution is 2.26. The average Bonchev–Trinajstić information content (AvgIpc) is 2.96. The van der Waals surface area contributed by atoms with E-state index in [1.807, 2.05) is 0 Å². The van der Waals surface area contributed by atoms with Gasteiger partial charge in [-0.25, -0.2) is 0 Å². The van der Waals surface area contributed by atoms with Crippen molar-refractivity contribution in [1.29, 1.82) is 0 Å². The molecule has 2 aliphatic rings. The van der Waals surface area contributed by atoms with Crippen LogP contribution in [0.15, 0.2) is 0 Å². The highest BCUT2D eigenvalue weighted by Gasteiger charge is 2.48. The number of hydrogen-bond acceptors (Lipinski definition) is 11. The van der Waals surface area contributed by atoms with Gasteiger partial charge in [0.25, 0.3) is 0 Å². The van der Waals surface area contributed by atoms with Crippen molar-refractivity contribution in [3.8, 4) is 0 Å². The van der Waals surface area contributed by atoms with Gasteiger partial charge < -0.3 is 55.1 Å². The van der Waals surface area contributed by atoms with E-state index < -0.39 is 74.6 Å². The van der Waals surface area contributed by atoms with Gasteiger partial charge in [-0.05, 0) is 0 Å². The Balaban J connectivity index is 1.86. The van der Waals surface area contributed by atoms with E-state index in [2.05, 4.69) is 0 Å². The van der Waals surface area contributed by atoms with Gasteiger partial charge in [0, 0.05) is 0 Å². The summed E-state index contributed by atoms with van der Waals surface area (Å²) in [5.41, 5.74) is 0. The fourth-order valence-corrected chi connectivity index (χ4v) is 2.52. The lowest BCUT2D eigenvalue weighted by Crippen LogP contribution is -2.43. The van der Waals surface area contributed by atoms with Crippen LogP contribution in [-0.2, 0) is 14.2 Å². The molecule has 0 aromatic rings. The van der Waals surface area contributed by atoms with Crippen molar-refractivity contribution < 1.29 is 55.1 Å². The van der Waals surface area contributed by atoms with Crippen molar-refractivity contribution in [2.45, 2.75) is 61.4 Å². The predicted octanol–water partition coefficient (Wildman–Crippen LogP) is -5.40. The topological polar surface area (TPSA) is 190 Å². The number of rotatable bonds is 6. The van der Waals surface area contributed by atoms with Gasteiger partial charge in [-0.15, -0.1) is 0 Å². The zero-order chi connectivity index (χ0) is 17.3. The minimum absolute atomic E-state index is 0.516. The molecule has 11 nitrogen and oxygen atoms in total. The molecular formula is C12H22O11. The number of aliphatic hydroxyl groups is 8. The third-order valence-electron chi connectivity index (χ3n) is 3.91. The first kappa shape index (κ1) is 18.9. The summed E-state index contributed by atoms with van der Waals surface area (Å²) >= 11 is 0. The van der Waals surface area contributed by atoms with Crippen LogP contribution in [-0.4, -0.2) is 115 Å². The van der Waals surface area contributed by atoms with Gasteiger partial charge in [-0.1, -0.05) is 0 Å².